The van der Waals surface area contributed by atoms with Crippen LogP contribution < -0.4 is 5.32 Å². The van der Waals surface area contributed by atoms with Gasteiger partial charge in [-0.25, -0.2) is 9.37 Å². The molecule has 1 unspecified atom stereocenters. The Morgan fingerprint density at radius 2 is 2.06 bits per heavy atom. The Labute approximate surface area is 201 Å². The van der Waals surface area contributed by atoms with Gasteiger partial charge in [-0.2, -0.15) is 5.10 Å². The van der Waals surface area contributed by atoms with Crippen LogP contribution in [0.5, 0.6) is 5.75 Å². The van der Waals surface area contributed by atoms with Gasteiger partial charge in [-0.05, 0) is 60.2 Å². The van der Waals surface area contributed by atoms with E-state index in [1.165, 1.54) is 12.1 Å². The summed E-state index contributed by atoms with van der Waals surface area (Å²) in [6, 6.07) is 8.44. The van der Waals surface area contributed by atoms with Crippen LogP contribution in [0.4, 0.5) is 4.39 Å². The largest absolute Gasteiger partial charge is 0.505 e. The molecule has 2 aromatic heterocycles. The number of nitrogens with zero attached hydrogens (tertiary/aromatic N) is 3. The van der Waals surface area contributed by atoms with Crippen molar-refractivity contribution in [3.63, 3.8) is 0 Å². The minimum absolute atomic E-state index is 0.160. The highest BCUT2D eigenvalue weighted by molar-refractivity contribution is 5.94. The number of carbonyl (C=O) groups is 1. The lowest BCUT2D eigenvalue weighted by Gasteiger charge is -2.26. The second-order valence-electron chi connectivity index (χ2n) is 9.33. The molecule has 1 amide bonds. The molecule has 180 valence electrons. The predicted octanol–water partition coefficient (Wildman–Crippen LogP) is 3.66. The van der Waals surface area contributed by atoms with Gasteiger partial charge in [0.05, 0.1) is 22.9 Å². The van der Waals surface area contributed by atoms with Gasteiger partial charge in [0.15, 0.2) is 17.4 Å². The fraction of sp³-hybridized carbons (Fsp3) is 0.346. The van der Waals surface area contributed by atoms with Crippen LogP contribution in [0, 0.1) is 5.82 Å². The molecule has 8 nitrogen and oxygen atoms in total. The number of likely N-dealkylation sites (tertiary alicyclic amines) is 1. The van der Waals surface area contributed by atoms with E-state index in [-0.39, 0.29) is 17.7 Å². The second kappa shape index (κ2) is 8.49. The summed E-state index contributed by atoms with van der Waals surface area (Å²) in [6.07, 6.45) is 3.37. The molecule has 0 radical (unpaired) electrons. The van der Waals surface area contributed by atoms with E-state index in [1.54, 1.807) is 0 Å². The van der Waals surface area contributed by atoms with Crippen molar-refractivity contribution in [2.24, 2.45) is 0 Å². The van der Waals surface area contributed by atoms with Crippen LogP contribution in [0.15, 0.2) is 30.3 Å². The maximum Gasteiger partial charge on any atom is 0.240 e. The standard InChI is InChI=1S/C26H27FN6O2/c1-2-14-10-23(34)18(27)11-17(14)15-5-6-16-19(9-15)31-32-24(16)25-29-20-12-21(28-13-22(20)30-25)26(35)33-7-3-4-8-33/h5-6,9-11,21,28,34H,2-4,7-8,12-13H2,1H3,(H,29,30)(H,31,32). The van der Waals surface area contributed by atoms with Crippen molar-refractivity contribution in [3.05, 3.63) is 53.1 Å². The molecule has 6 rings (SSSR count). The third-order valence-electron chi connectivity index (χ3n) is 7.15. The minimum Gasteiger partial charge on any atom is -0.505 e. The first-order valence-corrected chi connectivity index (χ1v) is 12.1. The third-order valence-corrected chi connectivity index (χ3v) is 7.15. The van der Waals surface area contributed by atoms with E-state index >= 15 is 0 Å². The van der Waals surface area contributed by atoms with Gasteiger partial charge in [0.25, 0.3) is 0 Å². The summed E-state index contributed by atoms with van der Waals surface area (Å²) in [6.45, 7) is 4.21. The monoisotopic (exact) mass is 474 g/mol. The van der Waals surface area contributed by atoms with Crippen LogP contribution in [0.3, 0.4) is 0 Å². The maximum atomic E-state index is 14.1. The Morgan fingerprint density at radius 1 is 1.23 bits per heavy atom. The third kappa shape index (κ3) is 3.76. The van der Waals surface area contributed by atoms with Crippen molar-refractivity contribution in [1.82, 2.24) is 30.4 Å². The molecule has 35 heavy (non-hydrogen) atoms. The Kier molecular flexibility index (Phi) is 5.29. The minimum atomic E-state index is -0.640. The first-order valence-electron chi connectivity index (χ1n) is 12.1. The van der Waals surface area contributed by atoms with Crippen molar-refractivity contribution in [2.75, 3.05) is 13.1 Å². The molecule has 4 heterocycles. The summed E-state index contributed by atoms with van der Waals surface area (Å²) >= 11 is 0. The molecule has 0 bridgehead atoms. The number of hydrogen-bond acceptors (Lipinski definition) is 5. The molecule has 4 aromatic rings. The van der Waals surface area contributed by atoms with Crippen LogP contribution >= 0.6 is 0 Å². The number of halogens is 1. The number of aromatic hydroxyl groups is 1. The molecule has 1 saturated heterocycles. The van der Waals surface area contributed by atoms with Crippen molar-refractivity contribution in [2.45, 2.75) is 45.2 Å². The fourth-order valence-corrected chi connectivity index (χ4v) is 5.23. The van der Waals surface area contributed by atoms with E-state index in [0.29, 0.717) is 30.9 Å². The lowest BCUT2D eigenvalue weighted by Crippen LogP contribution is -2.48. The van der Waals surface area contributed by atoms with Gasteiger partial charge in [-0.1, -0.05) is 13.0 Å². The van der Waals surface area contributed by atoms with Gasteiger partial charge < -0.3 is 15.0 Å². The predicted molar refractivity (Wildman–Crippen MR) is 130 cm³/mol. The number of hydrogen-bond donors (Lipinski definition) is 4. The molecule has 2 aliphatic rings. The van der Waals surface area contributed by atoms with Gasteiger partial charge >= 0.3 is 0 Å². The Bertz CT molecular complexity index is 1440. The number of fused-ring (bicyclic) bond motifs is 2. The normalized spacial score (nSPS) is 17.8. The van der Waals surface area contributed by atoms with E-state index in [0.717, 1.165) is 64.9 Å². The number of phenolic OH excluding ortho intramolecular Hbond substituents is 1. The Hall–Kier alpha value is -3.72. The average molecular weight is 475 g/mol. The fourth-order valence-electron chi connectivity index (χ4n) is 5.23. The van der Waals surface area contributed by atoms with E-state index in [4.69, 9.17) is 4.98 Å². The van der Waals surface area contributed by atoms with E-state index in [2.05, 4.69) is 20.5 Å². The summed E-state index contributed by atoms with van der Waals surface area (Å²) in [7, 11) is 0. The number of aromatic amines is 2. The zero-order chi connectivity index (χ0) is 24.1. The van der Waals surface area contributed by atoms with Crippen LogP contribution in [-0.2, 0) is 24.2 Å². The molecule has 1 atom stereocenters. The number of phenols is 1. The van der Waals surface area contributed by atoms with Crippen LogP contribution in [0.2, 0.25) is 0 Å². The first-order chi connectivity index (χ1) is 17.0. The molecule has 0 aliphatic carbocycles. The average Bonchev–Trinajstić information content (AvgIpc) is 3.63. The summed E-state index contributed by atoms with van der Waals surface area (Å²) in [5.41, 5.74) is 5.84. The number of benzene rings is 2. The summed E-state index contributed by atoms with van der Waals surface area (Å²) in [5, 5.41) is 21.6. The SMILES string of the molecule is CCc1cc(O)c(F)cc1-c1ccc2c(-c3nc4c([nH]3)CNC(C(=O)N3CCCC3)C4)n[nH]c2c1. The smallest absolute Gasteiger partial charge is 0.240 e. The van der Waals surface area contributed by atoms with Crippen LogP contribution in [0.1, 0.15) is 36.7 Å². The summed E-state index contributed by atoms with van der Waals surface area (Å²) < 4.78 is 14.1. The summed E-state index contributed by atoms with van der Waals surface area (Å²) in [5.74, 6) is -0.155. The van der Waals surface area contributed by atoms with Crippen molar-refractivity contribution < 1.29 is 14.3 Å². The lowest BCUT2D eigenvalue weighted by molar-refractivity contribution is -0.132. The first kappa shape index (κ1) is 21.8. The lowest BCUT2D eigenvalue weighted by atomic mass is 9.96. The van der Waals surface area contributed by atoms with Gasteiger partial charge in [0, 0.05) is 31.4 Å². The number of aryl methyl sites for hydroxylation is 1. The van der Waals surface area contributed by atoms with Gasteiger partial charge in [0.1, 0.15) is 5.69 Å². The maximum absolute atomic E-state index is 14.1. The van der Waals surface area contributed by atoms with Gasteiger partial charge in [-0.15, -0.1) is 0 Å². The van der Waals surface area contributed by atoms with Crippen molar-refractivity contribution >= 4 is 16.8 Å². The zero-order valence-corrected chi connectivity index (χ0v) is 19.5. The summed E-state index contributed by atoms with van der Waals surface area (Å²) in [4.78, 5) is 23.0. The molecule has 9 heteroatoms. The van der Waals surface area contributed by atoms with E-state index < -0.39 is 5.82 Å². The number of aromatic nitrogens is 4. The number of rotatable bonds is 4. The van der Waals surface area contributed by atoms with Crippen LogP contribution in [0.25, 0.3) is 33.5 Å². The highest BCUT2D eigenvalue weighted by atomic mass is 19.1. The molecule has 2 aliphatic heterocycles. The van der Waals surface area contributed by atoms with Crippen molar-refractivity contribution in [1.29, 1.82) is 0 Å². The van der Waals surface area contributed by atoms with Crippen LogP contribution in [-0.4, -0.2) is 55.2 Å². The molecule has 0 spiro atoms. The molecular weight excluding hydrogens is 447 g/mol. The number of imidazole rings is 1. The highest BCUT2D eigenvalue weighted by Crippen LogP contribution is 2.34. The number of amides is 1. The zero-order valence-electron chi connectivity index (χ0n) is 19.5. The molecule has 4 N–H and O–H groups in total. The van der Waals surface area contributed by atoms with Gasteiger partial charge in [-0.3, -0.25) is 15.2 Å². The molecule has 1 fully saturated rings. The molecular formula is C26H27FN6O2. The topological polar surface area (TPSA) is 110 Å². The van der Waals surface area contributed by atoms with E-state index in [1.807, 2.05) is 30.0 Å². The molecule has 2 aromatic carbocycles. The number of H-pyrrole nitrogens is 2. The number of carbonyl (C=O) groups excluding carboxylic acids is 1. The van der Waals surface area contributed by atoms with E-state index in [9.17, 15) is 14.3 Å². The molecule has 0 saturated carbocycles. The Morgan fingerprint density at radius 3 is 2.86 bits per heavy atom. The van der Waals surface area contributed by atoms with Gasteiger partial charge in [0.2, 0.25) is 5.91 Å². The highest BCUT2D eigenvalue weighted by Gasteiger charge is 2.31. The Balaban J connectivity index is 1.30. The second-order valence-corrected chi connectivity index (χ2v) is 9.33. The van der Waals surface area contributed by atoms with Crippen molar-refractivity contribution in [3.8, 4) is 28.4 Å². The quantitative estimate of drug-likeness (QED) is 0.361. The number of nitrogens with one attached hydrogen (secondary N) is 3.